The minimum Gasteiger partial charge on any atom is -0.352 e. The predicted octanol–water partition coefficient (Wildman–Crippen LogP) is 4.14. The van der Waals surface area contributed by atoms with Gasteiger partial charge >= 0.3 is 6.18 Å². The van der Waals surface area contributed by atoms with Crippen LogP contribution in [0.1, 0.15) is 42.1 Å². The van der Waals surface area contributed by atoms with Crippen molar-refractivity contribution in [2.75, 3.05) is 0 Å². The molecule has 1 heterocycles. The average Bonchev–Trinajstić information content (AvgIpc) is 3.30. The van der Waals surface area contributed by atoms with Crippen LogP contribution >= 0.6 is 11.6 Å². The first-order valence-electron chi connectivity index (χ1n) is 7.99. The van der Waals surface area contributed by atoms with E-state index in [9.17, 15) is 18.0 Å². The number of aryl methyl sites for hydroxylation is 1. The number of amides is 1. The molecule has 1 N–H and O–H groups in total. The first kappa shape index (κ1) is 17.8. The van der Waals surface area contributed by atoms with Gasteiger partial charge in [-0.1, -0.05) is 29.8 Å². The van der Waals surface area contributed by atoms with Crippen LogP contribution in [-0.4, -0.2) is 15.7 Å². The summed E-state index contributed by atoms with van der Waals surface area (Å²) < 4.78 is 39.8. The van der Waals surface area contributed by atoms with Gasteiger partial charge in [-0.15, -0.1) is 0 Å². The van der Waals surface area contributed by atoms with E-state index >= 15 is 0 Å². The van der Waals surface area contributed by atoms with Crippen LogP contribution in [-0.2, 0) is 24.1 Å². The lowest BCUT2D eigenvalue weighted by atomic mass is 10.2. The molecule has 0 spiro atoms. The summed E-state index contributed by atoms with van der Waals surface area (Å²) in [5, 5.41) is 6.92. The van der Waals surface area contributed by atoms with Crippen LogP contribution in [0.5, 0.6) is 0 Å². The summed E-state index contributed by atoms with van der Waals surface area (Å²) in [6.45, 7) is 0.400. The number of rotatable bonds is 6. The van der Waals surface area contributed by atoms with Gasteiger partial charge in [-0.05, 0) is 30.5 Å². The maximum absolute atomic E-state index is 12.8. The molecule has 3 rings (SSSR count). The Morgan fingerprint density at radius 2 is 2.04 bits per heavy atom. The Labute approximate surface area is 148 Å². The summed E-state index contributed by atoms with van der Waals surface area (Å²) in [5.74, 6) is -0.138. The highest BCUT2D eigenvalue weighted by atomic mass is 35.5. The first-order chi connectivity index (χ1) is 11.8. The molecule has 134 valence electrons. The van der Waals surface area contributed by atoms with Crippen LogP contribution < -0.4 is 5.32 Å². The lowest BCUT2D eigenvalue weighted by Crippen LogP contribution is -2.24. The summed E-state index contributed by atoms with van der Waals surface area (Å²) in [5.41, 5.74) is 0.451. The van der Waals surface area contributed by atoms with Gasteiger partial charge in [0.2, 0.25) is 5.91 Å². The fourth-order valence-corrected chi connectivity index (χ4v) is 2.79. The Morgan fingerprint density at radius 1 is 1.32 bits per heavy atom. The molecule has 1 aliphatic carbocycles. The number of halogens is 4. The normalized spacial score (nSPS) is 14.6. The molecule has 8 heteroatoms. The van der Waals surface area contributed by atoms with E-state index in [1.165, 1.54) is 4.68 Å². The number of carbonyl (C=O) groups excluding carboxylic acids is 1. The molecule has 0 aliphatic heterocycles. The maximum Gasteiger partial charge on any atom is 0.435 e. The lowest BCUT2D eigenvalue weighted by Gasteiger charge is -2.09. The van der Waals surface area contributed by atoms with Gasteiger partial charge in [-0.25, -0.2) is 0 Å². The molecule has 0 saturated heterocycles. The van der Waals surface area contributed by atoms with E-state index in [1.54, 1.807) is 18.2 Å². The topological polar surface area (TPSA) is 46.9 Å². The minimum absolute atomic E-state index is 0.0587. The van der Waals surface area contributed by atoms with Crippen molar-refractivity contribution in [3.05, 3.63) is 52.3 Å². The van der Waals surface area contributed by atoms with Crippen LogP contribution in [0.2, 0.25) is 5.02 Å². The number of hydrogen-bond donors (Lipinski definition) is 1. The number of aromatic nitrogens is 2. The minimum atomic E-state index is -4.47. The predicted molar refractivity (Wildman–Crippen MR) is 87.1 cm³/mol. The molecular formula is C17H17ClF3N3O. The third-order valence-corrected chi connectivity index (χ3v) is 4.45. The van der Waals surface area contributed by atoms with Crippen molar-refractivity contribution in [1.82, 2.24) is 15.1 Å². The van der Waals surface area contributed by atoms with Crippen molar-refractivity contribution in [3.8, 4) is 0 Å². The molecule has 1 fully saturated rings. The maximum atomic E-state index is 12.8. The zero-order valence-corrected chi connectivity index (χ0v) is 14.1. The van der Waals surface area contributed by atoms with Gasteiger partial charge in [0, 0.05) is 36.1 Å². The van der Waals surface area contributed by atoms with Crippen LogP contribution in [0.4, 0.5) is 13.2 Å². The zero-order chi connectivity index (χ0) is 18.0. The number of benzene rings is 1. The summed E-state index contributed by atoms with van der Waals surface area (Å²) in [7, 11) is 0. The smallest absolute Gasteiger partial charge is 0.352 e. The summed E-state index contributed by atoms with van der Waals surface area (Å²) in [4.78, 5) is 12.0. The lowest BCUT2D eigenvalue weighted by molar-refractivity contribution is -0.141. The highest BCUT2D eigenvalue weighted by molar-refractivity contribution is 6.31. The van der Waals surface area contributed by atoms with Crippen molar-refractivity contribution in [3.63, 3.8) is 0 Å². The van der Waals surface area contributed by atoms with E-state index in [4.69, 9.17) is 11.6 Å². The molecule has 25 heavy (non-hydrogen) atoms. The highest BCUT2D eigenvalue weighted by Crippen LogP contribution is 2.42. The molecule has 0 unspecified atom stereocenters. The number of hydrogen-bond acceptors (Lipinski definition) is 2. The molecular weight excluding hydrogens is 355 g/mol. The molecule has 0 bridgehead atoms. The zero-order valence-electron chi connectivity index (χ0n) is 13.3. The number of nitrogens with zero attached hydrogens (tertiary/aromatic N) is 2. The van der Waals surface area contributed by atoms with Crippen LogP contribution in [0.3, 0.4) is 0 Å². The highest BCUT2D eigenvalue weighted by Gasteiger charge is 2.37. The van der Waals surface area contributed by atoms with Crippen LogP contribution in [0.25, 0.3) is 0 Å². The van der Waals surface area contributed by atoms with Gasteiger partial charge < -0.3 is 5.32 Å². The van der Waals surface area contributed by atoms with Crippen LogP contribution in [0, 0.1) is 0 Å². The third-order valence-electron chi connectivity index (χ3n) is 4.08. The molecule has 1 saturated carbocycles. The summed E-state index contributed by atoms with van der Waals surface area (Å²) in [6, 6.07) is 8.24. The fourth-order valence-electron chi connectivity index (χ4n) is 2.59. The van der Waals surface area contributed by atoms with Crippen molar-refractivity contribution in [2.24, 2.45) is 0 Å². The van der Waals surface area contributed by atoms with Gasteiger partial charge in [0.25, 0.3) is 0 Å². The number of carbonyl (C=O) groups is 1. The molecule has 0 atom stereocenters. The van der Waals surface area contributed by atoms with Crippen LogP contribution in [0.15, 0.2) is 30.3 Å². The first-order valence-corrected chi connectivity index (χ1v) is 8.37. The van der Waals surface area contributed by atoms with Crippen molar-refractivity contribution in [2.45, 2.75) is 44.4 Å². The number of nitrogens with one attached hydrogen (secondary N) is 1. The molecule has 0 radical (unpaired) electrons. The Hall–Kier alpha value is -2.02. The van der Waals surface area contributed by atoms with E-state index in [0.717, 1.165) is 24.5 Å². The SMILES string of the molecule is O=C(CCn1nc(C(F)(F)F)cc1C1CC1)NCc1ccccc1Cl. The van der Waals surface area contributed by atoms with E-state index in [1.807, 2.05) is 6.07 Å². The Morgan fingerprint density at radius 3 is 2.68 bits per heavy atom. The van der Waals surface area contributed by atoms with Gasteiger partial charge in [-0.3, -0.25) is 9.48 Å². The van der Waals surface area contributed by atoms with Crippen molar-refractivity contribution >= 4 is 17.5 Å². The van der Waals surface area contributed by atoms with E-state index in [-0.39, 0.29) is 31.3 Å². The molecule has 4 nitrogen and oxygen atoms in total. The quantitative estimate of drug-likeness (QED) is 0.829. The average molecular weight is 372 g/mol. The van der Waals surface area contributed by atoms with Gasteiger partial charge in [-0.2, -0.15) is 18.3 Å². The largest absolute Gasteiger partial charge is 0.435 e. The second-order valence-corrected chi connectivity index (χ2v) is 6.47. The van der Waals surface area contributed by atoms with Gasteiger partial charge in [0.1, 0.15) is 0 Å². The van der Waals surface area contributed by atoms with E-state index < -0.39 is 11.9 Å². The molecule has 1 amide bonds. The Balaban J connectivity index is 1.58. The summed E-state index contributed by atoms with van der Waals surface area (Å²) in [6.07, 6.45) is -2.69. The van der Waals surface area contributed by atoms with Gasteiger partial charge in [0.15, 0.2) is 5.69 Å². The Bertz CT molecular complexity index is 769. The monoisotopic (exact) mass is 371 g/mol. The second-order valence-electron chi connectivity index (χ2n) is 6.07. The van der Waals surface area contributed by atoms with Crippen molar-refractivity contribution in [1.29, 1.82) is 0 Å². The molecule has 1 aromatic carbocycles. The van der Waals surface area contributed by atoms with Crippen molar-refractivity contribution < 1.29 is 18.0 Å². The number of alkyl halides is 3. The van der Waals surface area contributed by atoms with Gasteiger partial charge in [0.05, 0.1) is 0 Å². The standard InChI is InChI=1S/C17H17ClF3N3O/c18-13-4-2-1-3-12(13)10-22-16(25)7-8-24-14(11-5-6-11)9-15(23-24)17(19,20)21/h1-4,9,11H,5-8,10H2,(H,22,25). The second kappa shape index (κ2) is 7.07. The fraction of sp³-hybridized carbons (Fsp3) is 0.412. The third kappa shape index (κ3) is 4.54. The summed E-state index contributed by atoms with van der Waals surface area (Å²) >= 11 is 6.02. The molecule has 2 aromatic rings. The molecule has 1 aromatic heterocycles. The van der Waals surface area contributed by atoms with E-state index in [2.05, 4.69) is 10.4 Å². The van der Waals surface area contributed by atoms with E-state index in [0.29, 0.717) is 10.7 Å². The Kier molecular flexibility index (Phi) is 5.03. The molecule has 1 aliphatic rings.